The van der Waals surface area contributed by atoms with E-state index in [2.05, 4.69) is 36.5 Å². The number of hydrogen-bond acceptors (Lipinski definition) is 5. The van der Waals surface area contributed by atoms with Gasteiger partial charge in [0.2, 0.25) is 0 Å². The molecule has 1 amide bonds. The monoisotopic (exact) mass is 485 g/mol. The lowest BCUT2D eigenvalue weighted by atomic mass is 9.94. The number of methoxy groups -OCH3 is 1. The van der Waals surface area contributed by atoms with Gasteiger partial charge in [-0.3, -0.25) is 4.79 Å². The van der Waals surface area contributed by atoms with Crippen LogP contribution in [0.1, 0.15) is 60.0 Å². The van der Waals surface area contributed by atoms with Crippen LogP contribution in [0.4, 0.5) is 0 Å². The van der Waals surface area contributed by atoms with E-state index in [4.69, 9.17) is 4.74 Å². The number of aryl methyl sites for hydroxylation is 1. The third kappa shape index (κ3) is 7.28. The Morgan fingerprint density at radius 2 is 1.85 bits per heavy atom. The zero-order chi connectivity index (χ0) is 23.6. The van der Waals surface area contributed by atoms with Crippen molar-refractivity contribution in [1.82, 2.24) is 5.32 Å². The van der Waals surface area contributed by atoms with Gasteiger partial charge in [0.05, 0.1) is 7.11 Å². The van der Waals surface area contributed by atoms with E-state index in [-0.39, 0.29) is 5.91 Å². The molecule has 0 spiro atoms. The summed E-state index contributed by atoms with van der Waals surface area (Å²) >= 11 is 3.68. The molecule has 0 saturated heterocycles. The molecule has 0 heterocycles. The lowest BCUT2D eigenvalue weighted by Crippen LogP contribution is -2.42. The SMILES string of the molecule is COC(=O)C(CCSC)NC(=O)c1ccc(CSC2CCCCC2)cc1-c1ccccc1C. The van der Waals surface area contributed by atoms with Crippen molar-refractivity contribution in [3.8, 4) is 11.1 Å². The Labute approximate surface area is 206 Å². The molecule has 1 saturated carbocycles. The van der Waals surface area contributed by atoms with Gasteiger partial charge in [-0.05, 0) is 72.6 Å². The quantitative estimate of drug-likeness (QED) is 0.403. The van der Waals surface area contributed by atoms with Gasteiger partial charge in [-0.1, -0.05) is 49.6 Å². The Hall–Kier alpha value is -1.92. The number of amides is 1. The molecule has 6 heteroatoms. The van der Waals surface area contributed by atoms with Gasteiger partial charge in [0.1, 0.15) is 6.04 Å². The number of esters is 1. The molecule has 3 rings (SSSR count). The fourth-order valence-electron chi connectivity index (χ4n) is 4.29. The summed E-state index contributed by atoms with van der Waals surface area (Å²) in [5.41, 5.74) is 4.91. The van der Waals surface area contributed by atoms with Gasteiger partial charge >= 0.3 is 5.97 Å². The predicted octanol–water partition coefficient (Wildman–Crippen LogP) is 6.25. The van der Waals surface area contributed by atoms with Crippen molar-refractivity contribution < 1.29 is 14.3 Å². The minimum Gasteiger partial charge on any atom is -0.467 e. The van der Waals surface area contributed by atoms with Crippen LogP contribution >= 0.6 is 23.5 Å². The van der Waals surface area contributed by atoms with Crippen LogP contribution in [0, 0.1) is 6.92 Å². The molecule has 0 aromatic heterocycles. The first-order chi connectivity index (χ1) is 16.0. The van der Waals surface area contributed by atoms with E-state index < -0.39 is 12.0 Å². The van der Waals surface area contributed by atoms with E-state index in [1.165, 1.54) is 44.8 Å². The summed E-state index contributed by atoms with van der Waals surface area (Å²) < 4.78 is 4.92. The smallest absolute Gasteiger partial charge is 0.328 e. The summed E-state index contributed by atoms with van der Waals surface area (Å²) in [5.74, 6) is 1.07. The molecule has 0 bridgehead atoms. The van der Waals surface area contributed by atoms with Gasteiger partial charge in [-0.25, -0.2) is 4.79 Å². The molecule has 178 valence electrons. The summed E-state index contributed by atoms with van der Waals surface area (Å²) in [6.07, 6.45) is 9.17. The molecule has 1 atom stereocenters. The van der Waals surface area contributed by atoms with Crippen LogP contribution in [0.25, 0.3) is 11.1 Å². The van der Waals surface area contributed by atoms with E-state index in [0.717, 1.165) is 33.4 Å². The largest absolute Gasteiger partial charge is 0.467 e. The lowest BCUT2D eigenvalue weighted by molar-refractivity contribution is -0.142. The normalized spacial score (nSPS) is 15.1. The Balaban J connectivity index is 1.86. The predicted molar refractivity (Wildman–Crippen MR) is 141 cm³/mol. The fourth-order valence-corrected chi connectivity index (χ4v) is 6.03. The molecule has 1 unspecified atom stereocenters. The standard InChI is InChI=1S/C27H35NO3S2/c1-19-9-7-8-12-22(19)24-17-20(18-33-21-10-5-4-6-11-21)13-14-23(24)26(29)28-25(15-16-32-3)27(30)31-2/h7-9,12-14,17,21,25H,4-6,10-11,15-16,18H2,1-3H3,(H,28,29). The van der Waals surface area contributed by atoms with Crippen LogP contribution in [0.3, 0.4) is 0 Å². The maximum atomic E-state index is 13.3. The average molecular weight is 486 g/mol. The maximum absolute atomic E-state index is 13.3. The number of carbonyl (C=O) groups is 2. The Bertz CT molecular complexity index is 941. The molecule has 1 fully saturated rings. The average Bonchev–Trinajstić information content (AvgIpc) is 2.85. The van der Waals surface area contributed by atoms with Crippen LogP contribution in [0.5, 0.6) is 0 Å². The number of rotatable bonds is 10. The molecule has 33 heavy (non-hydrogen) atoms. The summed E-state index contributed by atoms with van der Waals surface area (Å²) in [4.78, 5) is 25.6. The second-order valence-electron chi connectivity index (χ2n) is 8.60. The van der Waals surface area contributed by atoms with Crippen molar-refractivity contribution in [2.75, 3.05) is 19.1 Å². The molecular formula is C27H35NO3S2. The van der Waals surface area contributed by atoms with Gasteiger partial charge in [-0.2, -0.15) is 23.5 Å². The van der Waals surface area contributed by atoms with E-state index in [0.29, 0.717) is 12.0 Å². The molecule has 0 aliphatic heterocycles. The van der Waals surface area contributed by atoms with Gasteiger partial charge in [0.25, 0.3) is 5.91 Å². The number of hydrogen-bond donors (Lipinski definition) is 1. The Morgan fingerprint density at radius 1 is 1.09 bits per heavy atom. The van der Waals surface area contributed by atoms with Crippen molar-refractivity contribution in [2.45, 2.75) is 62.5 Å². The van der Waals surface area contributed by atoms with E-state index in [1.54, 1.807) is 11.8 Å². The highest BCUT2D eigenvalue weighted by Gasteiger charge is 2.24. The summed E-state index contributed by atoms with van der Waals surface area (Å²) in [5, 5.41) is 3.66. The maximum Gasteiger partial charge on any atom is 0.328 e. The van der Waals surface area contributed by atoms with E-state index >= 15 is 0 Å². The van der Waals surface area contributed by atoms with Gasteiger partial charge in [-0.15, -0.1) is 0 Å². The van der Waals surface area contributed by atoms with Crippen molar-refractivity contribution in [1.29, 1.82) is 0 Å². The van der Waals surface area contributed by atoms with Crippen LogP contribution in [-0.2, 0) is 15.3 Å². The number of thioether (sulfide) groups is 2. The zero-order valence-corrected chi connectivity index (χ0v) is 21.5. The van der Waals surface area contributed by atoms with Crippen LogP contribution in [0.2, 0.25) is 0 Å². The first-order valence-corrected chi connectivity index (χ1v) is 14.2. The third-order valence-corrected chi connectivity index (χ3v) is 8.29. The van der Waals surface area contributed by atoms with Crippen LogP contribution in [0.15, 0.2) is 42.5 Å². The highest BCUT2D eigenvalue weighted by molar-refractivity contribution is 7.99. The van der Waals surface area contributed by atoms with Crippen LogP contribution in [-0.4, -0.2) is 42.3 Å². The molecule has 2 aromatic rings. The lowest BCUT2D eigenvalue weighted by Gasteiger charge is -2.21. The van der Waals surface area contributed by atoms with E-state index in [9.17, 15) is 9.59 Å². The Kier molecular flexibility index (Phi) is 10.2. The first kappa shape index (κ1) is 25.7. The summed E-state index contributed by atoms with van der Waals surface area (Å²) in [6.45, 7) is 2.07. The second-order valence-corrected chi connectivity index (χ2v) is 10.9. The fraction of sp³-hybridized carbons (Fsp3) is 0.481. The summed E-state index contributed by atoms with van der Waals surface area (Å²) in [6, 6.07) is 13.6. The topological polar surface area (TPSA) is 55.4 Å². The molecular weight excluding hydrogens is 450 g/mol. The molecule has 2 aromatic carbocycles. The van der Waals surface area contributed by atoms with Crippen molar-refractivity contribution in [3.05, 3.63) is 59.2 Å². The number of carbonyl (C=O) groups excluding carboxylic acids is 2. The Morgan fingerprint density at radius 3 is 2.55 bits per heavy atom. The third-order valence-electron chi connectivity index (χ3n) is 6.20. The van der Waals surface area contributed by atoms with Crippen molar-refractivity contribution in [2.24, 2.45) is 0 Å². The molecule has 1 aliphatic carbocycles. The van der Waals surface area contributed by atoms with E-state index in [1.807, 2.05) is 36.2 Å². The molecule has 4 nitrogen and oxygen atoms in total. The molecule has 0 radical (unpaired) electrons. The van der Waals surface area contributed by atoms with Crippen molar-refractivity contribution >= 4 is 35.4 Å². The minimum atomic E-state index is -0.652. The van der Waals surface area contributed by atoms with Gasteiger partial charge in [0, 0.05) is 16.6 Å². The molecule has 1 N–H and O–H groups in total. The van der Waals surface area contributed by atoms with Gasteiger partial charge in [0.15, 0.2) is 0 Å². The first-order valence-electron chi connectivity index (χ1n) is 11.7. The second kappa shape index (κ2) is 13.1. The number of nitrogens with one attached hydrogen (secondary N) is 1. The molecule has 1 aliphatic rings. The minimum absolute atomic E-state index is 0.240. The van der Waals surface area contributed by atoms with Gasteiger partial charge < -0.3 is 10.1 Å². The van der Waals surface area contributed by atoms with Crippen molar-refractivity contribution in [3.63, 3.8) is 0 Å². The zero-order valence-electron chi connectivity index (χ0n) is 19.9. The van der Waals surface area contributed by atoms with Crippen LogP contribution < -0.4 is 5.32 Å². The summed E-state index contributed by atoms with van der Waals surface area (Å²) in [7, 11) is 1.36. The number of benzene rings is 2. The highest BCUT2D eigenvalue weighted by Crippen LogP contribution is 2.33. The number of ether oxygens (including phenoxy) is 1. The highest BCUT2D eigenvalue weighted by atomic mass is 32.2.